The second-order valence-electron chi connectivity index (χ2n) is 5.50. The molecule has 1 N–H and O–H groups in total. The third-order valence-corrected chi connectivity index (χ3v) is 4.12. The number of fused-ring (bicyclic) bond motifs is 1. The van der Waals surface area contributed by atoms with Gasteiger partial charge in [0.05, 0.1) is 12.8 Å². The van der Waals surface area contributed by atoms with Gasteiger partial charge in [-0.2, -0.15) is 5.10 Å². The van der Waals surface area contributed by atoms with E-state index in [0.29, 0.717) is 5.69 Å². The number of hydrogen-bond donors (Lipinski definition) is 1. The van der Waals surface area contributed by atoms with E-state index in [0.717, 1.165) is 10.5 Å². The maximum atomic E-state index is 12.8. The van der Waals surface area contributed by atoms with E-state index in [-0.39, 0.29) is 5.71 Å². The third kappa shape index (κ3) is 1.68. The Hall–Kier alpha value is -2.70. The molecule has 0 aliphatic carbocycles. The molecule has 114 valence electrons. The van der Waals surface area contributed by atoms with Crippen LogP contribution in [-0.2, 0) is 19.1 Å². The number of aryl methyl sites for hydroxylation is 1. The minimum absolute atomic E-state index is 0.0700. The van der Waals surface area contributed by atoms with Gasteiger partial charge in [0, 0.05) is 0 Å². The molecule has 7 nitrogen and oxygen atoms in total. The molecule has 0 radical (unpaired) electrons. The third-order valence-electron chi connectivity index (χ3n) is 4.12. The van der Waals surface area contributed by atoms with Gasteiger partial charge in [-0.3, -0.25) is 15.0 Å². The Morgan fingerprint density at radius 3 is 2.68 bits per heavy atom. The van der Waals surface area contributed by atoms with Crippen LogP contribution in [0.2, 0.25) is 0 Å². The van der Waals surface area contributed by atoms with E-state index in [1.807, 2.05) is 19.1 Å². The molecule has 0 spiro atoms. The summed E-state index contributed by atoms with van der Waals surface area (Å²) in [6.45, 7) is 3.38. The van der Waals surface area contributed by atoms with Gasteiger partial charge in [0.1, 0.15) is 11.5 Å². The van der Waals surface area contributed by atoms with Crippen LogP contribution in [0.5, 0.6) is 0 Å². The van der Waals surface area contributed by atoms with E-state index in [4.69, 9.17) is 0 Å². The van der Waals surface area contributed by atoms with Crippen LogP contribution < -0.4 is 10.3 Å². The lowest BCUT2D eigenvalue weighted by molar-refractivity contribution is -0.133. The van der Waals surface area contributed by atoms with Crippen LogP contribution in [0.25, 0.3) is 0 Å². The molecule has 1 saturated heterocycles. The summed E-state index contributed by atoms with van der Waals surface area (Å²) in [6, 6.07) is 7.09. The predicted molar refractivity (Wildman–Crippen MR) is 78.2 cm³/mol. The first kappa shape index (κ1) is 14.2. The van der Waals surface area contributed by atoms with E-state index in [1.54, 1.807) is 19.1 Å². The maximum absolute atomic E-state index is 12.8. The van der Waals surface area contributed by atoms with Gasteiger partial charge in [-0.1, -0.05) is 18.2 Å². The molecule has 22 heavy (non-hydrogen) atoms. The number of esters is 1. The minimum atomic E-state index is -1.26. The Kier molecular flexibility index (Phi) is 3.01. The van der Waals surface area contributed by atoms with Crippen molar-refractivity contribution >= 4 is 29.2 Å². The number of hydrogen-bond acceptors (Lipinski definition) is 6. The Labute approximate surface area is 126 Å². The summed E-state index contributed by atoms with van der Waals surface area (Å²) < 4.78 is 4.64. The molecule has 0 bridgehead atoms. The highest BCUT2D eigenvalue weighted by Crippen LogP contribution is 2.38. The molecule has 7 heteroatoms. The average molecular weight is 301 g/mol. The van der Waals surface area contributed by atoms with E-state index < -0.39 is 29.2 Å². The summed E-state index contributed by atoms with van der Waals surface area (Å²) in [5, 5.41) is 3.84. The van der Waals surface area contributed by atoms with E-state index in [9.17, 15) is 14.4 Å². The second kappa shape index (κ2) is 4.66. The van der Waals surface area contributed by atoms with Crippen LogP contribution in [0.1, 0.15) is 12.5 Å². The number of amides is 2. The van der Waals surface area contributed by atoms with Gasteiger partial charge in [0.2, 0.25) is 5.91 Å². The highest BCUT2D eigenvalue weighted by Gasteiger charge is 2.63. The first-order chi connectivity index (χ1) is 10.4. The van der Waals surface area contributed by atoms with Gasteiger partial charge in [0.25, 0.3) is 5.91 Å². The lowest BCUT2D eigenvalue weighted by Crippen LogP contribution is -2.48. The molecule has 1 aromatic rings. The van der Waals surface area contributed by atoms with Crippen molar-refractivity contribution < 1.29 is 19.1 Å². The van der Waals surface area contributed by atoms with Crippen molar-refractivity contribution in [2.45, 2.75) is 19.4 Å². The second-order valence-corrected chi connectivity index (χ2v) is 5.50. The van der Waals surface area contributed by atoms with Crippen molar-refractivity contribution in [2.24, 2.45) is 11.0 Å². The average Bonchev–Trinajstić information content (AvgIpc) is 2.95. The van der Waals surface area contributed by atoms with E-state index >= 15 is 0 Å². The number of benzene rings is 1. The Morgan fingerprint density at radius 1 is 1.36 bits per heavy atom. The number of methoxy groups -OCH3 is 1. The lowest BCUT2D eigenvalue weighted by atomic mass is 9.86. The topological polar surface area (TPSA) is 88.1 Å². The molecular formula is C15H15N3O4. The van der Waals surface area contributed by atoms with Gasteiger partial charge in [-0.15, -0.1) is 0 Å². The maximum Gasteiger partial charge on any atom is 0.355 e. The number of nitrogens with zero attached hydrogens (tertiary/aromatic N) is 2. The fourth-order valence-corrected chi connectivity index (χ4v) is 2.89. The zero-order valence-electron chi connectivity index (χ0n) is 12.4. The number of ether oxygens (including phenoxy) is 1. The molecule has 2 aliphatic heterocycles. The summed E-state index contributed by atoms with van der Waals surface area (Å²) in [5.41, 5.74) is 2.61. The Morgan fingerprint density at radius 2 is 2.05 bits per heavy atom. The van der Waals surface area contributed by atoms with Crippen molar-refractivity contribution in [1.29, 1.82) is 0 Å². The molecular weight excluding hydrogens is 286 g/mol. The molecule has 1 aromatic carbocycles. The Balaban J connectivity index is 2.07. The first-order valence-corrected chi connectivity index (χ1v) is 6.79. The van der Waals surface area contributed by atoms with Gasteiger partial charge in [-0.05, 0) is 25.5 Å². The van der Waals surface area contributed by atoms with E-state index in [1.165, 1.54) is 7.11 Å². The monoisotopic (exact) mass is 301 g/mol. The van der Waals surface area contributed by atoms with Gasteiger partial charge >= 0.3 is 5.97 Å². The summed E-state index contributed by atoms with van der Waals surface area (Å²) in [4.78, 5) is 38.4. The minimum Gasteiger partial charge on any atom is -0.464 e. The molecule has 2 amide bonds. The molecule has 2 heterocycles. The number of rotatable bonds is 2. The van der Waals surface area contributed by atoms with Gasteiger partial charge in [0.15, 0.2) is 5.71 Å². The first-order valence-electron chi connectivity index (χ1n) is 6.79. The highest BCUT2D eigenvalue weighted by atomic mass is 16.5. The van der Waals surface area contributed by atoms with Crippen molar-refractivity contribution in [2.75, 3.05) is 12.0 Å². The SMILES string of the molecule is COC(=O)C1=NN[C@@]2(C)C(=O)N(c3ccccc3C)C(=O)[C@@H]12. The summed E-state index contributed by atoms with van der Waals surface area (Å²) in [5.74, 6) is -2.60. The molecule has 2 atom stereocenters. The zero-order chi connectivity index (χ0) is 16.1. The largest absolute Gasteiger partial charge is 0.464 e. The van der Waals surface area contributed by atoms with Crippen LogP contribution in [0.4, 0.5) is 5.69 Å². The Bertz CT molecular complexity index is 727. The van der Waals surface area contributed by atoms with Gasteiger partial charge in [-0.25, -0.2) is 9.69 Å². The van der Waals surface area contributed by atoms with Crippen LogP contribution in [-0.4, -0.2) is 36.1 Å². The number of hydrazone groups is 1. The normalized spacial score (nSPS) is 26.6. The number of anilines is 1. The van der Waals surface area contributed by atoms with Crippen LogP contribution >= 0.6 is 0 Å². The molecule has 0 saturated carbocycles. The van der Waals surface area contributed by atoms with Crippen LogP contribution in [0.15, 0.2) is 29.4 Å². The van der Waals surface area contributed by atoms with Crippen LogP contribution in [0.3, 0.4) is 0 Å². The fraction of sp³-hybridized carbons (Fsp3) is 0.333. The fourth-order valence-electron chi connectivity index (χ4n) is 2.89. The summed E-state index contributed by atoms with van der Waals surface area (Å²) in [7, 11) is 1.21. The number of imide groups is 1. The predicted octanol–water partition coefficient (Wildman–Crippen LogP) is 0.375. The molecule has 1 fully saturated rings. The number of carbonyl (C=O) groups is 3. The van der Waals surface area contributed by atoms with E-state index in [2.05, 4.69) is 15.3 Å². The van der Waals surface area contributed by atoms with Crippen LogP contribution in [0, 0.1) is 12.8 Å². The quantitative estimate of drug-likeness (QED) is 0.630. The molecule has 0 aromatic heterocycles. The lowest BCUT2D eigenvalue weighted by Gasteiger charge is -2.21. The van der Waals surface area contributed by atoms with Crippen molar-refractivity contribution in [1.82, 2.24) is 5.43 Å². The zero-order valence-corrected chi connectivity index (χ0v) is 12.4. The number of para-hydroxylation sites is 1. The number of nitrogens with one attached hydrogen (secondary N) is 1. The summed E-state index contributed by atoms with van der Waals surface area (Å²) in [6.07, 6.45) is 0. The smallest absolute Gasteiger partial charge is 0.355 e. The van der Waals surface area contributed by atoms with Crippen molar-refractivity contribution in [3.63, 3.8) is 0 Å². The number of carbonyl (C=O) groups excluding carboxylic acids is 3. The highest BCUT2D eigenvalue weighted by molar-refractivity contribution is 6.47. The summed E-state index contributed by atoms with van der Waals surface area (Å²) >= 11 is 0. The molecule has 3 rings (SSSR count). The molecule has 2 aliphatic rings. The van der Waals surface area contributed by atoms with Crippen molar-refractivity contribution in [3.05, 3.63) is 29.8 Å². The standard InChI is InChI=1S/C15H15N3O4/c1-8-6-4-5-7-9(8)18-12(19)10-11(13(20)22-3)16-17-15(10,2)14(18)21/h4-7,10,17H,1-3H3/t10-,15-/m1/s1. The van der Waals surface area contributed by atoms with Gasteiger partial charge < -0.3 is 4.74 Å². The molecule has 0 unspecified atom stereocenters. The van der Waals surface area contributed by atoms with Crippen molar-refractivity contribution in [3.8, 4) is 0 Å².